The molecule has 2 heteroatoms. The Morgan fingerprint density at radius 2 is 1.52 bits per heavy atom. The highest BCUT2D eigenvalue weighted by Gasteiger charge is 2.70. The molecule has 0 aliphatic heterocycles. The number of fused-ring (bicyclic) bond motifs is 7. The molecule has 0 radical (unpaired) electrons. The van der Waals surface area contributed by atoms with Crippen LogP contribution in [0, 0.1) is 62.6 Å². The Labute approximate surface area is 245 Å². The van der Waals surface area contributed by atoms with E-state index in [1.165, 1.54) is 51.4 Å². The number of ketones is 1. The Hall–Kier alpha value is -1.57. The van der Waals surface area contributed by atoms with E-state index in [9.17, 15) is 4.79 Å². The largest absolute Gasteiger partial charge is 0.497 e. The maximum absolute atomic E-state index is 14.1. The van der Waals surface area contributed by atoms with Gasteiger partial charge in [-0.3, -0.25) is 4.79 Å². The minimum absolute atomic E-state index is 0.157. The molecular formula is C38H56O2. The molecule has 220 valence electrons. The minimum atomic E-state index is -0.316. The second-order valence-corrected chi connectivity index (χ2v) is 17.0. The van der Waals surface area contributed by atoms with Gasteiger partial charge in [0, 0.05) is 5.41 Å². The van der Waals surface area contributed by atoms with Crippen molar-refractivity contribution in [1.29, 1.82) is 0 Å². The number of Topliss-reactive ketones (excluding diaryl/α,β-unsaturated/α-hetero) is 1. The van der Waals surface area contributed by atoms with Crippen molar-refractivity contribution in [2.24, 2.45) is 62.6 Å². The van der Waals surface area contributed by atoms with Crippen LogP contribution in [-0.2, 0) is 4.79 Å². The second kappa shape index (κ2) is 9.21. The number of allylic oxidation sites excluding steroid dienone is 1. The number of rotatable bonds is 3. The number of carbonyl (C=O) groups is 1. The molecule has 9 atom stereocenters. The topological polar surface area (TPSA) is 26.3 Å². The average Bonchev–Trinajstić information content (AvgIpc) is 3.26. The lowest BCUT2D eigenvalue weighted by Gasteiger charge is -2.72. The second-order valence-electron chi connectivity index (χ2n) is 17.0. The zero-order valence-electron chi connectivity index (χ0n) is 27.0. The van der Waals surface area contributed by atoms with Crippen LogP contribution in [-0.4, -0.2) is 12.9 Å². The highest BCUT2D eigenvalue weighted by Crippen LogP contribution is 2.77. The Morgan fingerprint density at radius 1 is 0.825 bits per heavy atom. The average molecular weight is 545 g/mol. The van der Waals surface area contributed by atoms with E-state index in [0.29, 0.717) is 33.9 Å². The smallest absolute Gasteiger partial charge is 0.164 e. The summed E-state index contributed by atoms with van der Waals surface area (Å²) in [5.74, 6) is 5.82. The van der Waals surface area contributed by atoms with Crippen molar-refractivity contribution in [2.75, 3.05) is 7.11 Å². The fraction of sp³-hybridized carbons (Fsp3) is 0.763. The zero-order chi connectivity index (χ0) is 28.9. The van der Waals surface area contributed by atoms with E-state index in [2.05, 4.69) is 73.6 Å². The number of ether oxygens (including phenoxy) is 1. The van der Waals surface area contributed by atoms with Crippen LogP contribution in [0.1, 0.15) is 119 Å². The lowest BCUT2D eigenvalue weighted by molar-refractivity contribution is -0.230. The third-order valence-corrected chi connectivity index (χ3v) is 14.8. The van der Waals surface area contributed by atoms with Gasteiger partial charge in [0.2, 0.25) is 0 Å². The first kappa shape index (κ1) is 28.5. The molecule has 9 unspecified atom stereocenters. The molecule has 0 saturated heterocycles. The summed E-state index contributed by atoms with van der Waals surface area (Å²) in [7, 11) is 1.71. The number of hydrogen-bond donors (Lipinski definition) is 0. The predicted octanol–water partition coefficient (Wildman–Crippen LogP) is 10.0. The summed E-state index contributed by atoms with van der Waals surface area (Å²) in [6.45, 7) is 20.3. The summed E-state index contributed by atoms with van der Waals surface area (Å²) in [5, 5.41) is 0. The van der Waals surface area contributed by atoms with Gasteiger partial charge in [-0.25, -0.2) is 0 Å². The van der Waals surface area contributed by atoms with Gasteiger partial charge in [-0.15, -0.1) is 0 Å². The molecule has 5 saturated carbocycles. The summed E-state index contributed by atoms with van der Waals surface area (Å²) >= 11 is 0. The summed E-state index contributed by atoms with van der Waals surface area (Å²) in [5.41, 5.74) is 3.30. The van der Waals surface area contributed by atoms with Crippen molar-refractivity contribution < 1.29 is 9.53 Å². The van der Waals surface area contributed by atoms with Gasteiger partial charge in [-0.05, 0) is 144 Å². The van der Waals surface area contributed by atoms with Gasteiger partial charge >= 0.3 is 0 Å². The summed E-state index contributed by atoms with van der Waals surface area (Å²) in [6.07, 6.45) is 14.1. The molecule has 0 bridgehead atoms. The van der Waals surface area contributed by atoms with Crippen LogP contribution in [0.2, 0.25) is 0 Å². The highest BCUT2D eigenvalue weighted by molar-refractivity contribution is 6.04. The quantitative estimate of drug-likeness (QED) is 0.354. The number of hydrogen-bond acceptors (Lipinski definition) is 2. The molecule has 0 N–H and O–H groups in total. The van der Waals surface area contributed by atoms with Gasteiger partial charge in [0.05, 0.1) is 7.11 Å². The molecule has 40 heavy (non-hydrogen) atoms. The molecule has 1 aromatic carbocycles. The first-order chi connectivity index (χ1) is 18.7. The van der Waals surface area contributed by atoms with Gasteiger partial charge in [-0.2, -0.15) is 0 Å². The maximum Gasteiger partial charge on any atom is 0.164 e. The Morgan fingerprint density at radius 3 is 2.17 bits per heavy atom. The Bertz CT molecular complexity index is 1190. The fourth-order valence-electron chi connectivity index (χ4n) is 12.6. The molecule has 5 aliphatic rings. The number of carbonyl (C=O) groups excluding carboxylic acids is 1. The summed E-state index contributed by atoms with van der Waals surface area (Å²) in [6, 6.07) is 8.23. The lowest BCUT2D eigenvalue weighted by Crippen LogP contribution is -2.66. The molecule has 0 spiro atoms. The first-order valence-electron chi connectivity index (χ1n) is 16.6. The van der Waals surface area contributed by atoms with Crippen molar-refractivity contribution >= 4 is 11.9 Å². The summed E-state index contributed by atoms with van der Waals surface area (Å²) in [4.78, 5) is 14.1. The standard InChI is InChI=1S/C38H56O2/c1-24(2)28-16-18-35(5)20-21-37(7)29(32(28)35)14-15-31-36(6)23-26(22-25-10-12-27(40-9)13-11-25)33(39)34(3,4)30(36)17-19-38(31,37)8/h10-13,22,24,28-32H,14-21,23H2,1-9H3. The van der Waals surface area contributed by atoms with E-state index in [0.717, 1.165) is 47.0 Å². The van der Waals surface area contributed by atoms with Gasteiger partial charge in [-0.1, -0.05) is 67.5 Å². The van der Waals surface area contributed by atoms with Crippen molar-refractivity contribution in [3.63, 3.8) is 0 Å². The van der Waals surface area contributed by atoms with Gasteiger partial charge in [0.15, 0.2) is 5.78 Å². The molecule has 0 aromatic heterocycles. The molecule has 5 fully saturated rings. The Balaban J connectivity index is 1.38. The van der Waals surface area contributed by atoms with E-state index >= 15 is 0 Å². The van der Waals surface area contributed by atoms with Crippen LogP contribution in [0.4, 0.5) is 0 Å². The van der Waals surface area contributed by atoms with Gasteiger partial charge in [0.1, 0.15) is 5.75 Å². The fourth-order valence-corrected chi connectivity index (χ4v) is 12.6. The maximum atomic E-state index is 14.1. The molecule has 2 nitrogen and oxygen atoms in total. The van der Waals surface area contributed by atoms with Crippen LogP contribution in [0.25, 0.3) is 6.08 Å². The van der Waals surface area contributed by atoms with E-state index < -0.39 is 0 Å². The van der Waals surface area contributed by atoms with Gasteiger partial charge < -0.3 is 4.74 Å². The van der Waals surface area contributed by atoms with Gasteiger partial charge in [0.25, 0.3) is 0 Å². The monoisotopic (exact) mass is 544 g/mol. The molecule has 5 aliphatic carbocycles. The van der Waals surface area contributed by atoms with Crippen LogP contribution in [0.5, 0.6) is 5.75 Å². The van der Waals surface area contributed by atoms with Crippen LogP contribution in [0.15, 0.2) is 29.8 Å². The molecule has 0 amide bonds. The Kier molecular flexibility index (Phi) is 6.57. The number of methoxy groups -OCH3 is 1. The van der Waals surface area contributed by atoms with E-state index in [1.54, 1.807) is 7.11 Å². The third-order valence-electron chi connectivity index (χ3n) is 14.8. The third kappa shape index (κ3) is 3.75. The minimum Gasteiger partial charge on any atom is -0.497 e. The van der Waals surface area contributed by atoms with E-state index in [4.69, 9.17) is 4.74 Å². The SMILES string of the molecule is COc1ccc(C=C2CC3(C)C(CCC4(C)C3CCC3C5C(C(C)C)CCC5(C)CCC34C)C(C)(C)C2=O)cc1. The first-order valence-corrected chi connectivity index (χ1v) is 16.6. The summed E-state index contributed by atoms with van der Waals surface area (Å²) < 4.78 is 5.39. The number of benzene rings is 1. The highest BCUT2D eigenvalue weighted by atomic mass is 16.5. The van der Waals surface area contributed by atoms with Crippen molar-refractivity contribution in [3.05, 3.63) is 35.4 Å². The zero-order valence-corrected chi connectivity index (χ0v) is 27.0. The van der Waals surface area contributed by atoms with E-state index in [-0.39, 0.29) is 10.8 Å². The molecule has 1 aromatic rings. The van der Waals surface area contributed by atoms with Crippen LogP contribution < -0.4 is 4.74 Å². The molecular weight excluding hydrogens is 488 g/mol. The van der Waals surface area contributed by atoms with Crippen molar-refractivity contribution in [3.8, 4) is 5.75 Å². The molecule has 6 rings (SSSR count). The van der Waals surface area contributed by atoms with Crippen molar-refractivity contribution in [1.82, 2.24) is 0 Å². The van der Waals surface area contributed by atoms with Crippen molar-refractivity contribution in [2.45, 2.75) is 113 Å². The molecule has 0 heterocycles. The normalized spacial score (nSPS) is 46.9. The van der Waals surface area contributed by atoms with E-state index in [1.807, 2.05) is 12.1 Å². The van der Waals surface area contributed by atoms with Crippen LogP contribution in [0.3, 0.4) is 0 Å². The van der Waals surface area contributed by atoms with Crippen LogP contribution >= 0.6 is 0 Å². The predicted molar refractivity (Wildman–Crippen MR) is 166 cm³/mol. The lowest BCUT2D eigenvalue weighted by atomic mass is 9.32.